The molecule has 0 aromatic heterocycles. The lowest BCUT2D eigenvalue weighted by atomic mass is 10.0. The summed E-state index contributed by atoms with van der Waals surface area (Å²) in [6.45, 7) is 4.27. The number of allylic oxidation sites excluding steroid dienone is 16. The van der Waals surface area contributed by atoms with Crippen LogP contribution in [0, 0.1) is 0 Å². The van der Waals surface area contributed by atoms with E-state index in [1.54, 1.807) is 0 Å². The second-order valence-corrected chi connectivity index (χ2v) is 24.3. The van der Waals surface area contributed by atoms with Gasteiger partial charge in [-0.15, -0.1) is 0 Å². The molecule has 0 aromatic rings. The van der Waals surface area contributed by atoms with Gasteiger partial charge in [-0.1, -0.05) is 381 Å². The van der Waals surface area contributed by atoms with Crippen molar-refractivity contribution in [2.45, 2.75) is 379 Å². The van der Waals surface area contributed by atoms with Gasteiger partial charge < -0.3 is 15.5 Å². The molecule has 0 aromatic carbocycles. The number of aliphatic hydroxyl groups excluding tert-OH is 2. The van der Waals surface area contributed by atoms with E-state index in [0.717, 1.165) is 77.0 Å². The number of hydrogen-bond donors (Lipinski definition) is 3. The Balaban J connectivity index is 3.47. The van der Waals surface area contributed by atoms with Crippen molar-refractivity contribution < 1.29 is 15.0 Å². The summed E-state index contributed by atoms with van der Waals surface area (Å²) in [6.07, 6.45) is 106. The largest absolute Gasteiger partial charge is 0.394 e. The molecule has 3 N–H and O–H groups in total. The van der Waals surface area contributed by atoms with Gasteiger partial charge >= 0.3 is 0 Å². The topological polar surface area (TPSA) is 69.6 Å². The molecule has 0 radical (unpaired) electrons. The summed E-state index contributed by atoms with van der Waals surface area (Å²) in [5.74, 6) is -0.0317. The zero-order valence-corrected chi connectivity index (χ0v) is 54.3. The molecule has 0 bridgehead atoms. The van der Waals surface area contributed by atoms with Crippen molar-refractivity contribution in [1.82, 2.24) is 5.32 Å². The molecule has 1 amide bonds. The summed E-state index contributed by atoms with van der Waals surface area (Å²) in [5.41, 5.74) is 0. The van der Waals surface area contributed by atoms with E-state index in [4.69, 9.17) is 0 Å². The quantitative estimate of drug-likeness (QED) is 0.0420. The summed E-state index contributed by atoms with van der Waals surface area (Å²) in [4.78, 5) is 12.6. The highest BCUT2D eigenvalue weighted by Gasteiger charge is 2.20. The predicted molar refractivity (Wildman–Crippen MR) is 363 cm³/mol. The Kier molecular flexibility index (Phi) is 69.2. The van der Waals surface area contributed by atoms with Gasteiger partial charge in [0, 0.05) is 6.42 Å². The van der Waals surface area contributed by atoms with Gasteiger partial charge in [-0.25, -0.2) is 0 Å². The first-order chi connectivity index (χ1) is 40.2. The van der Waals surface area contributed by atoms with Crippen LogP contribution >= 0.6 is 0 Å². The van der Waals surface area contributed by atoms with Crippen LogP contribution in [0.1, 0.15) is 367 Å². The van der Waals surface area contributed by atoms with Crippen molar-refractivity contribution in [3.8, 4) is 0 Å². The molecule has 0 spiro atoms. The summed E-state index contributed by atoms with van der Waals surface area (Å²) in [7, 11) is 0. The zero-order valence-electron chi connectivity index (χ0n) is 54.3. The molecule has 470 valence electrons. The van der Waals surface area contributed by atoms with E-state index in [9.17, 15) is 15.0 Å². The Morgan fingerprint density at radius 2 is 0.543 bits per heavy atom. The van der Waals surface area contributed by atoms with Gasteiger partial charge in [0.1, 0.15) is 0 Å². The van der Waals surface area contributed by atoms with Crippen LogP contribution in [0.2, 0.25) is 0 Å². The highest BCUT2D eigenvalue weighted by Crippen LogP contribution is 2.19. The van der Waals surface area contributed by atoms with Crippen molar-refractivity contribution in [2.24, 2.45) is 0 Å². The fraction of sp³-hybridized carbons (Fsp3) is 0.779. The van der Waals surface area contributed by atoms with Gasteiger partial charge in [0.05, 0.1) is 18.8 Å². The molecule has 2 atom stereocenters. The third kappa shape index (κ3) is 68.0. The molecule has 0 aliphatic carbocycles. The fourth-order valence-electron chi connectivity index (χ4n) is 11.0. The molecule has 0 saturated heterocycles. The number of rotatable bonds is 66. The fourth-order valence-corrected chi connectivity index (χ4v) is 11.0. The smallest absolute Gasteiger partial charge is 0.220 e. The first-order valence-corrected chi connectivity index (χ1v) is 35.9. The summed E-state index contributed by atoms with van der Waals surface area (Å²) in [5, 5.41) is 23.5. The van der Waals surface area contributed by atoms with Gasteiger partial charge in [0.25, 0.3) is 0 Å². The lowest BCUT2D eigenvalue weighted by molar-refractivity contribution is -0.123. The van der Waals surface area contributed by atoms with Gasteiger partial charge in [-0.3, -0.25) is 4.79 Å². The summed E-state index contributed by atoms with van der Waals surface area (Å²) < 4.78 is 0. The number of amides is 1. The van der Waals surface area contributed by atoms with Crippen LogP contribution < -0.4 is 5.32 Å². The Labute approximate surface area is 506 Å². The Morgan fingerprint density at radius 1 is 0.309 bits per heavy atom. The summed E-state index contributed by atoms with van der Waals surface area (Å²) >= 11 is 0. The lowest BCUT2D eigenvalue weighted by Crippen LogP contribution is -2.45. The standard InChI is InChI=1S/C77H139NO3/c1-3-5-7-9-11-13-15-17-19-21-23-25-27-29-31-33-35-37-38-39-40-41-43-45-47-49-51-53-55-57-59-61-63-65-67-69-71-73-77(81)78-75(74-79)76(80)72-70-68-66-64-62-60-58-56-54-52-50-48-46-44-42-36-34-32-30-28-26-24-22-20-18-16-14-12-10-8-6-4-2/h5,7,11,13,17,19,23,25,29,31,35,37,39-40,43,45,75-76,79-80H,3-4,6,8-10,12,14-16,18,20-22,24,26-28,30,32-34,36,38,41-42,44,46-74H2,1-2H3,(H,78,81)/b7-5-,13-11-,19-17-,25-23-,31-29-,37-35-,40-39-,45-43-. The van der Waals surface area contributed by atoms with E-state index in [1.165, 1.54) is 263 Å². The third-order valence-corrected chi connectivity index (χ3v) is 16.4. The van der Waals surface area contributed by atoms with Crippen LogP contribution in [-0.2, 0) is 4.79 Å². The molecule has 0 aliphatic rings. The predicted octanol–water partition coefficient (Wildman–Crippen LogP) is 24.8. The van der Waals surface area contributed by atoms with E-state index in [-0.39, 0.29) is 12.5 Å². The second kappa shape index (κ2) is 71.6. The van der Waals surface area contributed by atoms with Crippen LogP contribution in [0.5, 0.6) is 0 Å². The maximum atomic E-state index is 12.6. The molecule has 4 nitrogen and oxygen atoms in total. The molecule has 0 heterocycles. The molecule has 0 fully saturated rings. The van der Waals surface area contributed by atoms with E-state index >= 15 is 0 Å². The van der Waals surface area contributed by atoms with Crippen LogP contribution in [0.3, 0.4) is 0 Å². The van der Waals surface area contributed by atoms with Gasteiger partial charge in [-0.2, -0.15) is 0 Å². The minimum absolute atomic E-state index is 0.0317. The highest BCUT2D eigenvalue weighted by molar-refractivity contribution is 5.76. The van der Waals surface area contributed by atoms with E-state index in [0.29, 0.717) is 12.8 Å². The average Bonchev–Trinajstić information content (AvgIpc) is 3.47. The molecule has 81 heavy (non-hydrogen) atoms. The van der Waals surface area contributed by atoms with E-state index < -0.39 is 12.1 Å². The number of carbonyl (C=O) groups excluding carboxylic acids is 1. The van der Waals surface area contributed by atoms with E-state index in [2.05, 4.69) is 116 Å². The molecular formula is C77H139NO3. The minimum atomic E-state index is -0.668. The van der Waals surface area contributed by atoms with Crippen molar-refractivity contribution in [1.29, 1.82) is 0 Å². The number of nitrogens with one attached hydrogen (secondary N) is 1. The van der Waals surface area contributed by atoms with Crippen molar-refractivity contribution in [3.05, 3.63) is 97.2 Å². The first-order valence-electron chi connectivity index (χ1n) is 35.9. The van der Waals surface area contributed by atoms with Crippen LogP contribution in [0.25, 0.3) is 0 Å². The maximum absolute atomic E-state index is 12.6. The Morgan fingerprint density at radius 3 is 0.815 bits per heavy atom. The van der Waals surface area contributed by atoms with Crippen LogP contribution in [-0.4, -0.2) is 34.9 Å². The number of hydrogen-bond acceptors (Lipinski definition) is 3. The highest BCUT2D eigenvalue weighted by atomic mass is 16.3. The zero-order chi connectivity index (χ0) is 58.4. The monoisotopic (exact) mass is 1130 g/mol. The van der Waals surface area contributed by atoms with Crippen molar-refractivity contribution in [2.75, 3.05) is 6.61 Å². The van der Waals surface area contributed by atoms with Gasteiger partial charge in [0.15, 0.2) is 0 Å². The third-order valence-electron chi connectivity index (χ3n) is 16.4. The van der Waals surface area contributed by atoms with Crippen molar-refractivity contribution >= 4 is 5.91 Å². The molecular weight excluding hydrogens is 987 g/mol. The number of aliphatic hydroxyl groups is 2. The van der Waals surface area contributed by atoms with Crippen molar-refractivity contribution in [3.63, 3.8) is 0 Å². The van der Waals surface area contributed by atoms with Gasteiger partial charge in [-0.05, 0) is 77.0 Å². The molecule has 0 saturated carbocycles. The molecule has 0 rings (SSSR count). The Bertz CT molecular complexity index is 1470. The SMILES string of the molecule is CC/C=C\C/C=C\C/C=C\C/C=C\C/C=C\C/C=C\C/C=C\C/C=C\CCCCCCCCCCCCCCC(=O)NC(CO)C(O)CCCCCCCCCCCCCCCCCCCCCCCCCCCCCCCCCC. The van der Waals surface area contributed by atoms with Crippen LogP contribution in [0.15, 0.2) is 97.2 Å². The number of carbonyl (C=O) groups is 1. The molecule has 4 heteroatoms. The first kappa shape index (κ1) is 78.3. The minimum Gasteiger partial charge on any atom is -0.394 e. The van der Waals surface area contributed by atoms with Gasteiger partial charge in [0.2, 0.25) is 5.91 Å². The second-order valence-electron chi connectivity index (χ2n) is 24.3. The number of unbranched alkanes of at least 4 members (excludes halogenated alkanes) is 43. The maximum Gasteiger partial charge on any atom is 0.220 e. The van der Waals surface area contributed by atoms with E-state index in [1.807, 2.05) is 0 Å². The normalized spacial score (nSPS) is 13.3. The average molecular weight is 1130 g/mol. The Hall–Kier alpha value is -2.69. The summed E-state index contributed by atoms with van der Waals surface area (Å²) in [6, 6.07) is -0.545. The molecule has 2 unspecified atom stereocenters. The molecule has 0 aliphatic heterocycles. The lowest BCUT2D eigenvalue weighted by Gasteiger charge is -2.22. The van der Waals surface area contributed by atoms with Crippen LogP contribution in [0.4, 0.5) is 0 Å².